The molecule has 0 spiro atoms. The van der Waals surface area contributed by atoms with Crippen molar-refractivity contribution < 1.29 is 69.4 Å². The van der Waals surface area contributed by atoms with Crippen molar-refractivity contribution in [1.82, 2.24) is 0 Å². The van der Waals surface area contributed by atoms with Crippen LogP contribution in [-0.2, 0) is 6.32 Å². The molecule has 0 unspecified atom stereocenters. The Morgan fingerprint density at radius 1 is 1.08 bits per heavy atom. The van der Waals surface area contributed by atoms with Gasteiger partial charge in [-0.2, -0.15) is 0 Å². The Labute approximate surface area is 117 Å². The maximum absolute atomic E-state index is 11.8. The summed E-state index contributed by atoms with van der Waals surface area (Å²) < 4.78 is 35.5. The van der Waals surface area contributed by atoms with E-state index < -0.39 is 13.3 Å². The van der Waals surface area contributed by atoms with Gasteiger partial charge in [0.2, 0.25) is 0 Å². The standard InChI is InChI=1S/C7H7BF3O.K/c9-8(10,11)5-6-1-3-7(12)4-2-6;/h1-4,12H,5H2;/q-1;+1. The molecule has 1 rings (SSSR count). The predicted molar refractivity (Wildman–Crippen MR) is 40.9 cm³/mol. The zero-order chi connectivity index (χ0) is 9.19. The maximum Gasteiger partial charge on any atom is 1.00 e. The summed E-state index contributed by atoms with van der Waals surface area (Å²) in [6, 6.07) is 5.03. The fourth-order valence-corrected chi connectivity index (χ4v) is 0.899. The van der Waals surface area contributed by atoms with Crippen LogP contribution in [0.25, 0.3) is 0 Å². The number of halogens is 3. The number of phenols is 1. The minimum atomic E-state index is -4.77. The molecule has 0 aliphatic heterocycles. The molecule has 0 bridgehead atoms. The van der Waals surface area contributed by atoms with Crippen LogP contribution in [0.4, 0.5) is 12.9 Å². The van der Waals surface area contributed by atoms with Crippen LogP contribution in [0.15, 0.2) is 24.3 Å². The third-order valence-corrected chi connectivity index (χ3v) is 1.40. The second-order valence-electron chi connectivity index (χ2n) is 2.58. The maximum atomic E-state index is 11.8. The van der Waals surface area contributed by atoms with Gasteiger partial charge >= 0.3 is 58.4 Å². The molecule has 66 valence electrons. The van der Waals surface area contributed by atoms with Crippen LogP contribution in [-0.4, -0.2) is 12.1 Å². The molecule has 1 aromatic rings. The first-order valence-corrected chi connectivity index (χ1v) is 3.46. The SMILES string of the molecule is Oc1ccc(C[B-](F)(F)F)cc1.[K+]. The number of phenolic OH excluding ortho intramolecular Hbond substituents is 1. The van der Waals surface area contributed by atoms with Crippen LogP contribution >= 0.6 is 0 Å². The summed E-state index contributed by atoms with van der Waals surface area (Å²) in [7, 11) is 0. The molecule has 6 heteroatoms. The zero-order valence-corrected chi connectivity index (χ0v) is 10.3. The molecule has 1 nitrogen and oxygen atoms in total. The van der Waals surface area contributed by atoms with Crippen molar-refractivity contribution in [3.8, 4) is 5.75 Å². The Hall–Kier alpha value is 0.511. The quantitative estimate of drug-likeness (QED) is 0.647. The predicted octanol–water partition coefficient (Wildman–Crippen LogP) is -0.675. The van der Waals surface area contributed by atoms with E-state index >= 15 is 0 Å². The van der Waals surface area contributed by atoms with E-state index in [1.165, 1.54) is 24.3 Å². The van der Waals surface area contributed by atoms with Gasteiger partial charge in [-0.15, -0.1) is 0 Å². The first-order valence-electron chi connectivity index (χ1n) is 3.46. The molecule has 0 fully saturated rings. The molecule has 1 N–H and O–H groups in total. The molecule has 0 aliphatic rings. The Morgan fingerprint density at radius 2 is 1.54 bits per heavy atom. The molecular formula is C7H7BF3KO. The minimum absolute atomic E-state index is 0. The molecular weight excluding hydrogens is 207 g/mol. The fraction of sp³-hybridized carbons (Fsp3) is 0.143. The second kappa shape index (κ2) is 5.41. The third-order valence-electron chi connectivity index (χ3n) is 1.40. The summed E-state index contributed by atoms with van der Waals surface area (Å²) in [6.07, 6.45) is -0.889. The van der Waals surface area contributed by atoms with Crippen molar-refractivity contribution >= 4 is 6.98 Å². The van der Waals surface area contributed by atoms with Crippen molar-refractivity contribution in [2.24, 2.45) is 0 Å². The largest absolute Gasteiger partial charge is 1.00 e. The Balaban J connectivity index is 0.00000144. The van der Waals surface area contributed by atoms with Gasteiger partial charge in [0.15, 0.2) is 0 Å². The summed E-state index contributed by atoms with van der Waals surface area (Å²) in [5.74, 6) is -0.0200. The normalized spacial score (nSPS) is 10.7. The van der Waals surface area contributed by atoms with Crippen LogP contribution in [0.3, 0.4) is 0 Å². The molecule has 1 aromatic carbocycles. The summed E-state index contributed by atoms with van der Waals surface area (Å²) in [5, 5.41) is 8.78. The van der Waals surface area contributed by atoms with Crippen LogP contribution in [0.2, 0.25) is 0 Å². The number of rotatable bonds is 2. The van der Waals surface area contributed by atoms with E-state index in [1.54, 1.807) is 0 Å². The van der Waals surface area contributed by atoms with Crippen molar-refractivity contribution in [3.05, 3.63) is 29.8 Å². The van der Waals surface area contributed by atoms with E-state index in [0.29, 0.717) is 0 Å². The first kappa shape index (κ1) is 13.5. The van der Waals surface area contributed by atoms with Crippen LogP contribution in [0.5, 0.6) is 5.75 Å². The molecule has 13 heavy (non-hydrogen) atoms. The average molecular weight is 214 g/mol. The summed E-state index contributed by atoms with van der Waals surface area (Å²) >= 11 is 0. The Bertz CT molecular complexity index is 259. The van der Waals surface area contributed by atoms with E-state index in [9.17, 15) is 12.9 Å². The molecule has 0 heterocycles. The van der Waals surface area contributed by atoms with Gasteiger partial charge in [-0.05, 0) is 12.1 Å². The van der Waals surface area contributed by atoms with Crippen LogP contribution < -0.4 is 51.4 Å². The molecule has 0 aliphatic carbocycles. The van der Waals surface area contributed by atoms with Gasteiger partial charge in [0, 0.05) is 0 Å². The van der Waals surface area contributed by atoms with Gasteiger partial charge in [-0.3, -0.25) is 0 Å². The van der Waals surface area contributed by atoms with E-state index in [2.05, 4.69) is 0 Å². The van der Waals surface area contributed by atoms with Crippen molar-refractivity contribution in [2.75, 3.05) is 0 Å². The number of hydrogen-bond acceptors (Lipinski definition) is 1. The number of hydrogen-bond donors (Lipinski definition) is 1. The third kappa shape index (κ3) is 5.75. The van der Waals surface area contributed by atoms with Crippen LogP contribution in [0.1, 0.15) is 5.56 Å². The summed E-state index contributed by atoms with van der Waals surface area (Å²) in [6.45, 7) is -4.77. The van der Waals surface area contributed by atoms with Crippen molar-refractivity contribution in [2.45, 2.75) is 6.32 Å². The first-order chi connectivity index (χ1) is 5.47. The topological polar surface area (TPSA) is 20.2 Å². The minimum Gasteiger partial charge on any atom is -0.508 e. The molecule has 0 amide bonds. The Kier molecular flexibility index (Phi) is 5.62. The van der Waals surface area contributed by atoms with Gasteiger partial charge in [0.05, 0.1) is 0 Å². The summed E-state index contributed by atoms with van der Waals surface area (Å²) in [4.78, 5) is 0. The van der Waals surface area contributed by atoms with E-state index in [4.69, 9.17) is 5.11 Å². The van der Waals surface area contributed by atoms with Crippen molar-refractivity contribution in [1.29, 1.82) is 0 Å². The number of benzene rings is 1. The van der Waals surface area contributed by atoms with Gasteiger partial charge in [-0.1, -0.05) is 24.0 Å². The average Bonchev–Trinajstić information content (AvgIpc) is 1.91. The molecule has 0 aromatic heterocycles. The second-order valence-corrected chi connectivity index (χ2v) is 2.58. The van der Waals surface area contributed by atoms with E-state index in [1.807, 2.05) is 0 Å². The van der Waals surface area contributed by atoms with Gasteiger partial charge in [0.1, 0.15) is 5.75 Å². The molecule has 0 saturated heterocycles. The van der Waals surface area contributed by atoms with Gasteiger partial charge in [-0.25, -0.2) is 0 Å². The monoisotopic (exact) mass is 214 g/mol. The van der Waals surface area contributed by atoms with Crippen LogP contribution in [0, 0.1) is 0 Å². The Morgan fingerprint density at radius 3 is 1.92 bits per heavy atom. The van der Waals surface area contributed by atoms with E-state index in [0.717, 1.165) is 0 Å². The van der Waals surface area contributed by atoms with E-state index in [-0.39, 0.29) is 62.7 Å². The summed E-state index contributed by atoms with van der Waals surface area (Å²) in [5.41, 5.74) is 0.181. The molecule has 0 radical (unpaired) electrons. The zero-order valence-electron chi connectivity index (χ0n) is 7.17. The van der Waals surface area contributed by atoms with Crippen molar-refractivity contribution in [3.63, 3.8) is 0 Å². The fourth-order valence-electron chi connectivity index (χ4n) is 0.899. The van der Waals surface area contributed by atoms with Gasteiger partial charge < -0.3 is 18.1 Å². The smallest absolute Gasteiger partial charge is 0.508 e. The van der Waals surface area contributed by atoms with Gasteiger partial charge in [0.25, 0.3) is 0 Å². The molecule has 0 atom stereocenters. The number of aromatic hydroxyl groups is 1. The molecule has 0 saturated carbocycles.